The number of esters is 2. The number of hydrogen-bond donors (Lipinski definition) is 0. The second-order valence-electron chi connectivity index (χ2n) is 8.31. The van der Waals surface area contributed by atoms with Crippen molar-refractivity contribution >= 4 is 28.0 Å². The highest BCUT2D eigenvalue weighted by molar-refractivity contribution is 7.85. The summed E-state index contributed by atoms with van der Waals surface area (Å²) in [5, 5.41) is 0. The van der Waals surface area contributed by atoms with Gasteiger partial charge in [0.05, 0.1) is 18.1 Å². The monoisotopic (exact) mass is 510 g/mol. The van der Waals surface area contributed by atoms with E-state index in [1.54, 1.807) is 13.8 Å². The fourth-order valence-electron chi connectivity index (χ4n) is 4.92. The third-order valence-electron chi connectivity index (χ3n) is 6.03. The molecule has 15 heteroatoms. The molecule has 0 aromatic heterocycles. The fourth-order valence-corrected chi connectivity index (χ4v) is 5.54. The summed E-state index contributed by atoms with van der Waals surface area (Å²) in [7, 11) is -5.96. The molecule has 2 bridgehead atoms. The molecule has 6 unspecified atom stereocenters. The zero-order valence-corrected chi connectivity index (χ0v) is 18.4. The molecular formula is C19H16F4NO9S-. The molecule has 3 aliphatic heterocycles. The number of benzene rings is 1. The van der Waals surface area contributed by atoms with Crippen LogP contribution in [0.2, 0.25) is 0 Å². The Morgan fingerprint density at radius 2 is 1.62 bits per heavy atom. The Hall–Kier alpha value is -2.78. The van der Waals surface area contributed by atoms with Crippen molar-refractivity contribution in [3.63, 3.8) is 0 Å². The normalized spacial score (nSPS) is 29.8. The molecule has 1 amide bonds. The molecule has 0 aliphatic carbocycles. The van der Waals surface area contributed by atoms with Crippen molar-refractivity contribution in [1.29, 1.82) is 0 Å². The molecule has 186 valence electrons. The van der Waals surface area contributed by atoms with E-state index in [-0.39, 0.29) is 0 Å². The van der Waals surface area contributed by atoms with Gasteiger partial charge in [0.1, 0.15) is 27.0 Å². The minimum atomic E-state index is -5.96. The van der Waals surface area contributed by atoms with Crippen molar-refractivity contribution in [3.05, 3.63) is 23.3 Å². The van der Waals surface area contributed by atoms with E-state index in [1.807, 2.05) is 0 Å². The molecule has 10 nitrogen and oxygen atoms in total. The molecule has 0 saturated carbocycles. The number of fused-ring (bicyclic) bond motifs is 1. The van der Waals surface area contributed by atoms with E-state index in [0.29, 0.717) is 0 Å². The lowest BCUT2D eigenvalue weighted by Crippen LogP contribution is -2.51. The predicted molar refractivity (Wildman–Crippen MR) is 96.8 cm³/mol. The van der Waals surface area contributed by atoms with Gasteiger partial charge in [0.25, 0.3) is 0 Å². The van der Waals surface area contributed by atoms with Gasteiger partial charge in [0, 0.05) is 13.0 Å². The van der Waals surface area contributed by atoms with Crippen LogP contribution in [-0.4, -0.2) is 66.1 Å². The Morgan fingerprint density at radius 3 is 2.09 bits per heavy atom. The van der Waals surface area contributed by atoms with Gasteiger partial charge in [0.15, 0.2) is 17.7 Å². The fraction of sp³-hybridized carbons (Fsp3) is 0.526. The number of rotatable bonds is 5. The molecule has 3 saturated heterocycles. The lowest BCUT2D eigenvalue weighted by molar-refractivity contribution is -0.156. The summed E-state index contributed by atoms with van der Waals surface area (Å²) in [6, 6.07) is -1.14. The van der Waals surface area contributed by atoms with Crippen molar-refractivity contribution in [3.8, 4) is 5.75 Å². The summed E-state index contributed by atoms with van der Waals surface area (Å²) >= 11 is 0. The standard InChI is InChI=1S/C19H17F4NO9S/c1-4(2)24-12-13-6(18(24)26)7(14(32-13)16(12)31-5(3)25)19(27)33-15-8(20)10(22)17(34(28,29)30)11(23)9(15)21/h4,6-7,12-14,16H,1-3H3,(H,28,29,30)/p-1. The average Bonchev–Trinajstić information content (AvgIpc) is 3.31. The Morgan fingerprint density at radius 1 is 1.06 bits per heavy atom. The highest BCUT2D eigenvalue weighted by atomic mass is 32.2. The first kappa shape index (κ1) is 24.3. The van der Waals surface area contributed by atoms with E-state index >= 15 is 0 Å². The zero-order chi connectivity index (χ0) is 25.4. The van der Waals surface area contributed by atoms with Crippen molar-refractivity contribution in [1.82, 2.24) is 4.90 Å². The van der Waals surface area contributed by atoms with Crippen LogP contribution in [0.1, 0.15) is 20.8 Å². The molecule has 1 aromatic carbocycles. The molecule has 0 radical (unpaired) electrons. The number of ether oxygens (including phenoxy) is 3. The van der Waals surface area contributed by atoms with Gasteiger partial charge in [-0.2, -0.15) is 8.78 Å². The Labute approximate surface area is 189 Å². The first-order valence-electron chi connectivity index (χ1n) is 9.86. The molecule has 3 heterocycles. The maximum Gasteiger partial charge on any atom is 0.318 e. The summed E-state index contributed by atoms with van der Waals surface area (Å²) in [6.45, 7) is 4.40. The number of amides is 1. The first-order chi connectivity index (χ1) is 15.7. The second-order valence-corrected chi connectivity index (χ2v) is 9.63. The van der Waals surface area contributed by atoms with Gasteiger partial charge in [0.2, 0.25) is 23.3 Å². The van der Waals surface area contributed by atoms with Gasteiger partial charge in [-0.1, -0.05) is 0 Å². The van der Waals surface area contributed by atoms with E-state index < -0.39 is 104 Å². The molecular weight excluding hydrogens is 494 g/mol. The number of carbonyl (C=O) groups is 3. The SMILES string of the molecule is CC(=O)OC1C2OC3C(C(=O)N(C(C)C)C13)C2C(=O)Oc1c(F)c(F)c(S(=O)(=O)[O-])c(F)c1F. The number of likely N-dealkylation sites (tertiary alicyclic amines) is 1. The Bertz CT molecular complexity index is 1190. The minimum Gasteiger partial charge on any atom is -0.744 e. The highest BCUT2D eigenvalue weighted by Crippen LogP contribution is 2.53. The summed E-state index contributed by atoms with van der Waals surface area (Å²) in [4.78, 5) is 36.4. The van der Waals surface area contributed by atoms with E-state index in [0.717, 1.165) is 6.92 Å². The third-order valence-corrected chi connectivity index (χ3v) is 6.89. The minimum absolute atomic E-state index is 0.403. The van der Waals surface area contributed by atoms with E-state index in [9.17, 15) is 44.9 Å². The van der Waals surface area contributed by atoms with Gasteiger partial charge in [-0.3, -0.25) is 14.4 Å². The van der Waals surface area contributed by atoms with Gasteiger partial charge in [-0.05, 0) is 13.8 Å². The maximum absolute atomic E-state index is 14.3. The maximum atomic E-state index is 14.3. The predicted octanol–water partition coefficient (Wildman–Crippen LogP) is 0.617. The van der Waals surface area contributed by atoms with Gasteiger partial charge < -0.3 is 23.7 Å². The molecule has 34 heavy (non-hydrogen) atoms. The van der Waals surface area contributed by atoms with Crippen molar-refractivity contribution in [2.75, 3.05) is 0 Å². The van der Waals surface area contributed by atoms with Crippen LogP contribution in [0.25, 0.3) is 0 Å². The summed E-state index contributed by atoms with van der Waals surface area (Å²) in [5.41, 5.74) is 0. The number of nitrogens with zero attached hydrogens (tertiary/aromatic N) is 1. The Kier molecular flexibility index (Phi) is 5.64. The molecule has 4 rings (SSSR count). The van der Waals surface area contributed by atoms with Crippen LogP contribution in [-0.2, 0) is 34.0 Å². The van der Waals surface area contributed by atoms with Crippen LogP contribution in [0.4, 0.5) is 17.6 Å². The number of halogens is 4. The molecule has 6 atom stereocenters. The molecule has 1 aromatic rings. The topological polar surface area (TPSA) is 139 Å². The van der Waals surface area contributed by atoms with Crippen LogP contribution < -0.4 is 4.74 Å². The van der Waals surface area contributed by atoms with Crippen molar-refractivity contribution in [2.24, 2.45) is 11.8 Å². The second kappa shape index (κ2) is 7.88. The molecule has 0 spiro atoms. The smallest absolute Gasteiger partial charge is 0.318 e. The lowest BCUT2D eigenvalue weighted by Gasteiger charge is -2.32. The number of hydrogen-bond acceptors (Lipinski definition) is 9. The summed E-state index contributed by atoms with van der Waals surface area (Å²) in [5.74, 6) is -17.7. The number of carbonyl (C=O) groups excluding carboxylic acids is 3. The van der Waals surface area contributed by atoms with Crippen LogP contribution in [0, 0.1) is 35.1 Å². The van der Waals surface area contributed by atoms with E-state index in [4.69, 9.17) is 9.47 Å². The van der Waals surface area contributed by atoms with E-state index in [1.165, 1.54) is 4.90 Å². The Balaban J connectivity index is 1.73. The third kappa shape index (κ3) is 3.36. The zero-order valence-electron chi connectivity index (χ0n) is 17.6. The van der Waals surface area contributed by atoms with Crippen LogP contribution in [0.15, 0.2) is 4.90 Å². The van der Waals surface area contributed by atoms with Crippen LogP contribution >= 0.6 is 0 Å². The summed E-state index contributed by atoms with van der Waals surface area (Å²) in [6.07, 6.45) is -3.34. The van der Waals surface area contributed by atoms with Gasteiger partial charge in [-0.25, -0.2) is 17.2 Å². The average molecular weight is 510 g/mol. The highest BCUT2D eigenvalue weighted by Gasteiger charge is 2.73. The molecule has 3 fully saturated rings. The molecule has 3 aliphatic rings. The van der Waals surface area contributed by atoms with E-state index in [2.05, 4.69) is 4.74 Å². The van der Waals surface area contributed by atoms with Crippen molar-refractivity contribution < 1.29 is 59.1 Å². The molecule has 0 N–H and O–H groups in total. The van der Waals surface area contributed by atoms with Gasteiger partial charge >= 0.3 is 11.9 Å². The van der Waals surface area contributed by atoms with Gasteiger partial charge in [-0.15, -0.1) is 0 Å². The van der Waals surface area contributed by atoms with Crippen LogP contribution in [0.3, 0.4) is 0 Å². The first-order valence-corrected chi connectivity index (χ1v) is 11.3. The van der Waals surface area contributed by atoms with Crippen molar-refractivity contribution in [2.45, 2.75) is 56.1 Å². The summed E-state index contributed by atoms with van der Waals surface area (Å²) < 4.78 is 105. The largest absolute Gasteiger partial charge is 0.744 e. The lowest BCUT2D eigenvalue weighted by atomic mass is 9.78. The van der Waals surface area contributed by atoms with Crippen LogP contribution in [0.5, 0.6) is 5.75 Å². The quantitative estimate of drug-likeness (QED) is 0.183.